The fourth-order valence-electron chi connectivity index (χ4n) is 4.34. The zero-order valence-electron chi connectivity index (χ0n) is 22.8. The molecular weight excluding hydrogens is 755 g/mol. The molecule has 2 heterocycles. The minimum absolute atomic E-state index is 0. The Morgan fingerprint density at radius 2 is 1.45 bits per heavy atom. The molecule has 0 unspecified atom stereocenters. The number of thiazole rings is 1. The van der Waals surface area contributed by atoms with E-state index in [9.17, 15) is 0 Å². The minimum atomic E-state index is 0. The van der Waals surface area contributed by atoms with Crippen molar-refractivity contribution < 1.29 is 64.5 Å². The summed E-state index contributed by atoms with van der Waals surface area (Å²) in [4.78, 5) is 3.72. The molecule has 4 rings (SSSR count). The van der Waals surface area contributed by atoms with Crippen LogP contribution in [0.4, 0.5) is 5.69 Å². The van der Waals surface area contributed by atoms with E-state index in [1.807, 2.05) is 35.2 Å². The lowest BCUT2D eigenvalue weighted by Gasteiger charge is -2.26. The first-order chi connectivity index (χ1) is 16.4. The average Bonchev–Trinajstić information content (AvgIpc) is 3.24. The molecule has 0 aliphatic carbocycles. The third-order valence-corrected chi connectivity index (χ3v) is 8.75. The van der Waals surface area contributed by atoms with Gasteiger partial charge >= 0.3 is 0 Å². The molecule has 0 spiro atoms. The van der Waals surface area contributed by atoms with Gasteiger partial charge in [-0.05, 0) is 30.3 Å². The zero-order chi connectivity index (χ0) is 25.4. The van der Waals surface area contributed by atoms with Crippen LogP contribution in [-0.4, -0.2) is 70.9 Å². The van der Waals surface area contributed by atoms with Crippen molar-refractivity contribution >= 4 is 68.3 Å². The topological polar surface area (TPSA) is 7.12 Å². The van der Waals surface area contributed by atoms with Gasteiger partial charge in [0.05, 0.1) is 78.6 Å². The molecule has 3 aromatic rings. The van der Waals surface area contributed by atoms with Crippen LogP contribution in [0.5, 0.6) is 0 Å². The maximum Gasteiger partial charge on any atom is 0.265 e. The average molecular weight is 792 g/mol. The molecule has 1 aliphatic rings. The highest BCUT2D eigenvalue weighted by Gasteiger charge is 2.29. The van der Waals surface area contributed by atoms with Crippen molar-refractivity contribution in [2.45, 2.75) is 24.3 Å². The van der Waals surface area contributed by atoms with Crippen molar-refractivity contribution in [1.82, 2.24) is 0 Å². The van der Waals surface area contributed by atoms with Gasteiger partial charge in [-0.25, -0.2) is 0 Å². The number of fused-ring (bicyclic) bond motifs is 2. The third-order valence-electron chi connectivity index (χ3n) is 6.05. The number of aromatic nitrogens is 1. The number of quaternary nitrogens is 2. The number of hydrogen-bond acceptors (Lipinski definition) is 3. The summed E-state index contributed by atoms with van der Waals surface area (Å²) in [6.07, 6.45) is 4.59. The molecule has 0 amide bonds. The highest BCUT2D eigenvalue weighted by molar-refractivity contribution is 8.03. The van der Waals surface area contributed by atoms with Gasteiger partial charge in [-0.1, -0.05) is 46.3 Å². The maximum atomic E-state index is 6.42. The number of nitrogens with zero attached hydrogens (tertiary/aromatic N) is 4. The highest BCUT2D eigenvalue weighted by Crippen LogP contribution is 2.48. The first-order valence-corrected chi connectivity index (χ1v) is 14.5. The van der Waals surface area contributed by atoms with Crippen molar-refractivity contribution in [2.75, 3.05) is 66.8 Å². The quantitative estimate of drug-likeness (QED) is 0.177. The molecule has 1 aromatic heterocycles. The van der Waals surface area contributed by atoms with E-state index in [4.69, 9.17) is 23.2 Å². The van der Waals surface area contributed by atoms with Crippen LogP contribution in [0.3, 0.4) is 0 Å². The second-order valence-electron chi connectivity index (χ2n) is 11.3. The Bertz CT molecular complexity index is 1250. The fourth-order valence-corrected chi connectivity index (χ4v) is 6.95. The maximum absolute atomic E-state index is 6.42. The van der Waals surface area contributed by atoms with E-state index in [0.29, 0.717) is 0 Å². The van der Waals surface area contributed by atoms with E-state index >= 15 is 0 Å². The van der Waals surface area contributed by atoms with Crippen LogP contribution in [-0.2, 0) is 6.54 Å². The molecule has 1 aliphatic heterocycles. The lowest BCUT2D eigenvalue weighted by molar-refractivity contribution is -0.873. The predicted molar refractivity (Wildman–Crippen MR) is 155 cm³/mol. The van der Waals surface area contributed by atoms with Crippen molar-refractivity contribution in [3.8, 4) is 0 Å². The number of hydrogen-bond donors (Lipinski definition) is 0. The second kappa shape index (κ2) is 14.9. The molecule has 0 N–H and O–H groups in total. The fraction of sp³-hybridized carbons (Fsp3) is 0.444. The molecule has 4 nitrogen and oxygen atoms in total. The Hall–Kier alpha value is 0.160. The molecular formula is C27H37Br3Cl2N4S2. The molecule has 0 radical (unpaired) electrons. The Morgan fingerprint density at radius 3 is 2.11 bits per heavy atom. The van der Waals surface area contributed by atoms with Gasteiger partial charge in [0.15, 0.2) is 6.54 Å². The lowest BCUT2D eigenvalue weighted by atomic mass is 10.2. The van der Waals surface area contributed by atoms with Crippen molar-refractivity contribution in [3.63, 3.8) is 0 Å². The van der Waals surface area contributed by atoms with Gasteiger partial charge in [-0.2, -0.15) is 4.57 Å². The van der Waals surface area contributed by atoms with Gasteiger partial charge < -0.3 is 64.8 Å². The summed E-state index contributed by atoms with van der Waals surface area (Å²) in [5, 5.41) is 4.10. The van der Waals surface area contributed by atoms with Crippen molar-refractivity contribution in [2.24, 2.45) is 0 Å². The van der Waals surface area contributed by atoms with Gasteiger partial charge in [0.1, 0.15) is 4.70 Å². The van der Waals surface area contributed by atoms with Crippen molar-refractivity contribution in [1.29, 1.82) is 0 Å². The largest absolute Gasteiger partial charge is 1.00 e. The van der Waals surface area contributed by atoms with E-state index in [1.165, 1.54) is 30.8 Å². The smallest absolute Gasteiger partial charge is 0.265 e. The summed E-state index contributed by atoms with van der Waals surface area (Å²) >= 11 is 16.5. The molecule has 2 aromatic carbocycles. The summed E-state index contributed by atoms with van der Waals surface area (Å²) in [7, 11) is 13.5. The van der Waals surface area contributed by atoms with Gasteiger partial charge in [-0.15, -0.1) is 0 Å². The van der Waals surface area contributed by atoms with E-state index in [-0.39, 0.29) is 50.9 Å². The van der Waals surface area contributed by atoms with Gasteiger partial charge in [0.25, 0.3) is 5.01 Å². The molecule has 212 valence electrons. The Kier molecular flexibility index (Phi) is 14.2. The van der Waals surface area contributed by atoms with E-state index in [2.05, 4.69) is 82.1 Å². The standard InChI is InChI=1S/C27H37Cl2N4S2.3BrH/c1-32(2,3)15-7-13-30-22-17-20(28)9-11-24(22)34-26(30)19-27-31(14-8-16-33(4,5)6)23-18-21(29)10-12-25(23)35-27;;;/h9-12,17-19H,7-8,13-16H2,1-6H3;3*1H/q+3;;;/p-3. The van der Waals surface area contributed by atoms with Crippen LogP contribution in [0.15, 0.2) is 46.3 Å². The summed E-state index contributed by atoms with van der Waals surface area (Å²) in [5.74, 6) is 0. The number of rotatable bonds is 9. The predicted octanol–water partition coefficient (Wildman–Crippen LogP) is -2.39. The van der Waals surface area contributed by atoms with Gasteiger partial charge in [0.2, 0.25) is 5.52 Å². The molecule has 0 atom stereocenters. The van der Waals surface area contributed by atoms with Crippen LogP contribution in [0.25, 0.3) is 16.3 Å². The van der Waals surface area contributed by atoms with Crippen LogP contribution in [0, 0.1) is 0 Å². The van der Waals surface area contributed by atoms with E-state index in [1.54, 1.807) is 0 Å². The third kappa shape index (κ3) is 9.62. The van der Waals surface area contributed by atoms with E-state index < -0.39 is 0 Å². The molecule has 0 fully saturated rings. The number of benzene rings is 2. The SMILES string of the molecule is C[N+](C)(C)CCCN1C(=Cc2sc3ccc(Cl)cc3[n+]2CCC[N+](C)(C)C)Sc2ccc(Cl)cc21.[Br-].[Br-].[Br-]. The Morgan fingerprint density at radius 1 is 0.842 bits per heavy atom. The lowest BCUT2D eigenvalue weighted by Crippen LogP contribution is -3.00. The number of thioether (sulfide) groups is 1. The summed E-state index contributed by atoms with van der Waals surface area (Å²) in [6.45, 7) is 4.19. The molecule has 38 heavy (non-hydrogen) atoms. The number of aryl methyl sites for hydroxylation is 1. The summed E-state index contributed by atoms with van der Waals surface area (Å²) < 4.78 is 5.65. The Labute approximate surface area is 278 Å². The molecule has 0 saturated heterocycles. The first kappa shape index (κ1) is 36.2. The monoisotopic (exact) mass is 788 g/mol. The molecule has 11 heteroatoms. The number of anilines is 1. The Balaban J connectivity index is 0.00000241. The van der Waals surface area contributed by atoms with Crippen LogP contribution in [0.2, 0.25) is 10.0 Å². The number of halogens is 5. The van der Waals surface area contributed by atoms with Gasteiger partial charge in [0, 0.05) is 34.0 Å². The first-order valence-electron chi connectivity index (χ1n) is 12.1. The molecule has 0 bridgehead atoms. The highest BCUT2D eigenvalue weighted by atomic mass is 79.9. The second-order valence-corrected chi connectivity index (χ2v) is 14.3. The molecule has 0 saturated carbocycles. The summed E-state index contributed by atoms with van der Waals surface area (Å²) in [6, 6.07) is 12.5. The van der Waals surface area contributed by atoms with Crippen LogP contribution in [0.1, 0.15) is 17.8 Å². The van der Waals surface area contributed by atoms with Crippen LogP contribution < -0.4 is 60.4 Å². The van der Waals surface area contributed by atoms with E-state index in [0.717, 1.165) is 58.0 Å². The summed E-state index contributed by atoms with van der Waals surface area (Å²) in [5.41, 5.74) is 2.44. The zero-order valence-corrected chi connectivity index (χ0v) is 30.7. The van der Waals surface area contributed by atoms with Gasteiger partial charge in [-0.3, -0.25) is 0 Å². The minimum Gasteiger partial charge on any atom is -1.00 e. The normalized spacial score (nSPS) is 14.2. The van der Waals surface area contributed by atoms with Crippen LogP contribution >= 0.6 is 46.3 Å². The van der Waals surface area contributed by atoms with Crippen molar-refractivity contribution in [3.05, 3.63) is 56.5 Å².